The summed E-state index contributed by atoms with van der Waals surface area (Å²) in [5.74, 6) is 2.04. The van der Waals surface area contributed by atoms with Crippen LogP contribution in [-0.4, -0.2) is 52.1 Å². The van der Waals surface area contributed by atoms with Crippen LogP contribution in [0.25, 0.3) is 63.6 Å². The Morgan fingerprint density at radius 2 is 0.592 bits per heavy atom. The van der Waals surface area contributed by atoms with Crippen LogP contribution in [0.1, 0.15) is 90.2 Å². The molecule has 0 amide bonds. The molecule has 0 aliphatic heterocycles. The van der Waals surface area contributed by atoms with E-state index in [2.05, 4.69) is 14.2 Å². The Labute approximate surface area is 576 Å². The maximum Gasteiger partial charge on any atom is 0.298 e. The van der Waals surface area contributed by atoms with Crippen LogP contribution in [0.2, 0.25) is 0 Å². The predicted octanol–water partition coefficient (Wildman–Crippen LogP) is 19.1. The van der Waals surface area contributed by atoms with E-state index in [1.807, 2.05) is 152 Å². The van der Waals surface area contributed by atoms with Crippen molar-refractivity contribution in [3.8, 4) is 67.9 Å². The Kier molecular flexibility index (Phi) is 22.0. The fourth-order valence-corrected chi connectivity index (χ4v) is 15.4. The molecular weight excluding hydrogens is 1300 g/mol. The van der Waals surface area contributed by atoms with Crippen LogP contribution in [0.4, 0.5) is 0 Å². The lowest BCUT2D eigenvalue weighted by Crippen LogP contribution is -2.06. The first-order valence-electron chi connectivity index (χ1n) is 30.4. The van der Waals surface area contributed by atoms with Crippen LogP contribution in [0.5, 0.6) is 34.5 Å². The van der Waals surface area contributed by atoms with Gasteiger partial charge in [0.25, 0.3) is 19.4 Å². The number of benzene rings is 9. The van der Waals surface area contributed by atoms with E-state index in [-0.39, 0.29) is 34.6 Å². The number of phenols is 3. The average molecular weight is 1360 g/mol. The number of rotatable bonds is 21. The standard InChI is InChI=1S/2C27H22O5S.C26H20O5S/c2*1-16-12-17(2)24(18(3)13-16)26(30)27-25(22-9-6-20(29)14-23(22)33-27)19-4-7-21(8-5-19)32-11-10-31-15-28;1-16-4-3-5-17(2)23(16)25(29)26-24(21-11-8-19(28)14-22(21)32-26)18-6-9-20(10-7-18)31-13-12-30-15-27/h2*4-15,29H,1-3H3;3-15,28H,1-2H3/b2*11-10+;13-12+. The molecule has 0 unspecified atom stereocenters. The maximum absolute atomic E-state index is 13.8. The summed E-state index contributed by atoms with van der Waals surface area (Å²) in [4.78, 5) is 73.7. The van der Waals surface area contributed by atoms with Gasteiger partial charge >= 0.3 is 0 Å². The summed E-state index contributed by atoms with van der Waals surface area (Å²) in [6.45, 7) is 16.7. The monoisotopic (exact) mass is 1360 g/mol. The van der Waals surface area contributed by atoms with Gasteiger partial charge < -0.3 is 43.7 Å². The number of phenolic OH excluding ortho intramolecular Hbond substituents is 3. The molecule has 0 bridgehead atoms. The topological polar surface area (TPSA) is 218 Å². The van der Waals surface area contributed by atoms with Crippen molar-refractivity contribution in [3.63, 3.8) is 0 Å². The van der Waals surface area contributed by atoms with Crippen molar-refractivity contribution in [1.82, 2.24) is 0 Å². The van der Waals surface area contributed by atoms with Gasteiger partial charge in [-0.05, 0) is 196 Å². The molecule has 3 aromatic heterocycles. The fourth-order valence-electron chi connectivity index (χ4n) is 11.8. The molecule has 9 aromatic carbocycles. The molecule has 0 atom stereocenters. The van der Waals surface area contributed by atoms with E-state index in [4.69, 9.17) is 14.2 Å². The molecule has 0 aliphatic carbocycles. The molecule has 98 heavy (non-hydrogen) atoms. The van der Waals surface area contributed by atoms with Gasteiger partial charge in [-0.3, -0.25) is 28.8 Å². The van der Waals surface area contributed by atoms with Crippen LogP contribution < -0.4 is 14.2 Å². The van der Waals surface area contributed by atoms with Crippen LogP contribution in [0.15, 0.2) is 207 Å². The summed E-state index contributed by atoms with van der Waals surface area (Å²) in [6, 6.07) is 51.3. The third-order valence-electron chi connectivity index (χ3n) is 15.8. The highest BCUT2D eigenvalue weighted by Crippen LogP contribution is 2.46. The third-order valence-corrected chi connectivity index (χ3v) is 19.2. The van der Waals surface area contributed by atoms with Gasteiger partial charge in [0, 0.05) is 63.6 Å². The minimum absolute atomic E-state index is 0.0324. The molecule has 3 heterocycles. The van der Waals surface area contributed by atoms with Crippen molar-refractivity contribution < 1.29 is 72.5 Å². The Hall–Kier alpha value is -11.7. The van der Waals surface area contributed by atoms with Gasteiger partial charge in [0.05, 0.1) is 14.6 Å². The van der Waals surface area contributed by atoms with Gasteiger partial charge in [0.1, 0.15) is 72.1 Å². The second kappa shape index (κ2) is 31.2. The number of hydrogen-bond acceptors (Lipinski definition) is 18. The van der Waals surface area contributed by atoms with Gasteiger partial charge in [-0.2, -0.15) is 0 Å². The summed E-state index contributed by atoms with van der Waals surface area (Å²) >= 11 is 4.13. The van der Waals surface area contributed by atoms with Crippen molar-refractivity contribution in [2.45, 2.75) is 55.4 Å². The lowest BCUT2D eigenvalue weighted by molar-refractivity contribution is -0.124. The number of carbonyl (C=O) groups excluding carboxylic acids is 6. The lowest BCUT2D eigenvalue weighted by Gasteiger charge is -2.11. The summed E-state index contributed by atoms with van der Waals surface area (Å²) < 4.78 is 32.1. The van der Waals surface area contributed by atoms with Crippen molar-refractivity contribution in [2.24, 2.45) is 0 Å². The van der Waals surface area contributed by atoms with E-state index in [9.17, 15) is 44.1 Å². The second-order valence-electron chi connectivity index (χ2n) is 22.7. The number of ether oxygens (including phenoxy) is 6. The lowest BCUT2D eigenvalue weighted by atomic mass is 9.92. The normalized spacial score (nSPS) is 11.1. The maximum atomic E-state index is 13.8. The molecule has 18 heteroatoms. The first kappa shape index (κ1) is 69.1. The van der Waals surface area contributed by atoms with Crippen molar-refractivity contribution in [1.29, 1.82) is 0 Å². The first-order chi connectivity index (χ1) is 47.3. The summed E-state index contributed by atoms with van der Waals surface area (Å²) in [5, 5.41) is 32.7. The Morgan fingerprint density at radius 1 is 0.327 bits per heavy atom. The number of aryl methyl sites for hydroxylation is 8. The number of thiophene rings is 3. The van der Waals surface area contributed by atoms with Crippen molar-refractivity contribution in [3.05, 3.63) is 283 Å². The van der Waals surface area contributed by atoms with E-state index in [1.165, 1.54) is 52.8 Å². The zero-order chi connectivity index (χ0) is 69.7. The molecule has 12 aromatic rings. The van der Waals surface area contributed by atoms with Crippen LogP contribution in [-0.2, 0) is 28.6 Å². The number of ketones is 3. The molecule has 3 N–H and O–H groups in total. The zero-order valence-corrected chi connectivity index (χ0v) is 56.8. The molecule has 0 radical (unpaired) electrons. The second-order valence-corrected chi connectivity index (χ2v) is 25.9. The molecule has 0 aliphatic rings. The average Bonchev–Trinajstić information content (AvgIpc) is 1.61. The zero-order valence-electron chi connectivity index (χ0n) is 54.3. The predicted molar refractivity (Wildman–Crippen MR) is 385 cm³/mol. The van der Waals surface area contributed by atoms with Gasteiger partial charge in [0.2, 0.25) is 17.3 Å². The Morgan fingerprint density at radius 3 is 0.857 bits per heavy atom. The minimum Gasteiger partial charge on any atom is -0.508 e. The summed E-state index contributed by atoms with van der Waals surface area (Å²) in [7, 11) is 0. The van der Waals surface area contributed by atoms with Crippen molar-refractivity contribution >= 4 is 101 Å². The SMILES string of the molecule is Cc1cc(C)c(C(=O)c2sc3cc(O)ccc3c2-c2ccc(O/C=C/OC=O)cc2)c(C)c1.Cc1cc(C)c(C(=O)c2sc3cc(O)ccc3c2-c2ccc(O/C=C/OC=O)cc2)c(C)c1.Cc1cccc(C)c1C(=O)c1sc2cc(O)ccc2c1-c1ccc(O/C=C/OC=O)cc1. The smallest absolute Gasteiger partial charge is 0.298 e. The molecular formula is C80H64O15S3. The van der Waals surface area contributed by atoms with E-state index >= 15 is 0 Å². The molecule has 0 saturated heterocycles. The Bertz CT molecular complexity index is 4820. The summed E-state index contributed by atoms with van der Waals surface area (Å²) in [6.07, 6.45) is 7.23. The minimum atomic E-state index is -0.0365. The van der Waals surface area contributed by atoms with Crippen LogP contribution >= 0.6 is 34.0 Å². The van der Waals surface area contributed by atoms with E-state index in [0.29, 0.717) is 68.0 Å². The summed E-state index contributed by atoms with van der Waals surface area (Å²) in [5.41, 5.74) is 15.0. The molecule has 492 valence electrons. The Balaban J connectivity index is 0.000000159. The van der Waals surface area contributed by atoms with Gasteiger partial charge in [-0.15, -0.1) is 34.0 Å². The third kappa shape index (κ3) is 15.7. The molecule has 0 spiro atoms. The molecule has 15 nitrogen and oxygen atoms in total. The number of fused-ring (bicyclic) bond motifs is 3. The number of carbonyl (C=O) groups is 6. The highest BCUT2D eigenvalue weighted by Gasteiger charge is 2.28. The van der Waals surface area contributed by atoms with Crippen molar-refractivity contribution in [2.75, 3.05) is 0 Å². The number of aromatic hydroxyl groups is 3. The molecule has 12 rings (SSSR count). The highest BCUT2D eigenvalue weighted by atomic mass is 32.1. The van der Waals surface area contributed by atoms with Crippen LogP contribution in [0, 0.1) is 55.4 Å². The molecule has 0 saturated carbocycles. The van der Waals surface area contributed by atoms with Gasteiger partial charge in [-0.25, -0.2) is 0 Å². The fraction of sp³-hybridized carbons (Fsp3) is 0.100. The van der Waals surface area contributed by atoms with Gasteiger partial charge in [0.15, 0.2) is 0 Å². The number of hydrogen-bond donors (Lipinski definition) is 3. The highest BCUT2D eigenvalue weighted by molar-refractivity contribution is 7.22. The van der Waals surface area contributed by atoms with E-state index in [1.54, 1.807) is 72.8 Å². The van der Waals surface area contributed by atoms with Gasteiger partial charge in [-0.1, -0.05) is 90.0 Å². The van der Waals surface area contributed by atoms with E-state index < -0.39 is 0 Å². The quantitative estimate of drug-likeness (QED) is 0.0264. The first-order valence-corrected chi connectivity index (χ1v) is 32.9. The van der Waals surface area contributed by atoms with E-state index in [0.717, 1.165) is 127 Å². The van der Waals surface area contributed by atoms with Crippen LogP contribution in [0.3, 0.4) is 0 Å². The molecule has 0 fully saturated rings. The largest absolute Gasteiger partial charge is 0.508 e.